The molecule has 0 radical (unpaired) electrons. The molecule has 6 heteroatoms. The first-order valence-corrected chi connectivity index (χ1v) is 8.70. The summed E-state index contributed by atoms with van der Waals surface area (Å²) in [5, 5.41) is 7.44. The van der Waals surface area contributed by atoms with Crippen molar-refractivity contribution in [2.75, 3.05) is 0 Å². The van der Waals surface area contributed by atoms with Crippen molar-refractivity contribution in [3.8, 4) is 11.6 Å². The van der Waals surface area contributed by atoms with E-state index in [2.05, 4.69) is 26.3 Å². The molecule has 0 unspecified atom stereocenters. The van der Waals surface area contributed by atoms with Gasteiger partial charge in [0.15, 0.2) is 6.10 Å². The number of nitrogens with zero attached hydrogens (tertiary/aromatic N) is 2. The monoisotopic (exact) mass is 377 g/mol. The fourth-order valence-corrected chi connectivity index (χ4v) is 3.11. The van der Waals surface area contributed by atoms with Crippen LogP contribution in [0, 0.1) is 0 Å². The molecular formula is C17H20BrN3O2. The zero-order valence-electron chi connectivity index (χ0n) is 13.0. The summed E-state index contributed by atoms with van der Waals surface area (Å²) in [5.41, 5.74) is 0.936. The van der Waals surface area contributed by atoms with Crippen molar-refractivity contribution in [2.24, 2.45) is 0 Å². The van der Waals surface area contributed by atoms with E-state index >= 15 is 0 Å². The first-order chi connectivity index (χ1) is 11.1. The van der Waals surface area contributed by atoms with Gasteiger partial charge in [-0.1, -0.05) is 31.0 Å². The second-order valence-electron chi connectivity index (χ2n) is 5.81. The molecule has 1 aromatic heterocycles. The van der Waals surface area contributed by atoms with Crippen molar-refractivity contribution in [3.63, 3.8) is 0 Å². The van der Waals surface area contributed by atoms with Gasteiger partial charge >= 0.3 is 0 Å². The minimum Gasteiger partial charge on any atom is -0.463 e. The van der Waals surface area contributed by atoms with Crippen LogP contribution in [0.25, 0.3) is 5.69 Å². The Morgan fingerprint density at radius 3 is 2.74 bits per heavy atom. The molecule has 122 valence electrons. The van der Waals surface area contributed by atoms with Gasteiger partial charge in [0, 0.05) is 12.2 Å². The van der Waals surface area contributed by atoms with Crippen LogP contribution in [-0.2, 0) is 4.79 Å². The number of hydrogen-bond acceptors (Lipinski definition) is 3. The van der Waals surface area contributed by atoms with Crippen LogP contribution in [-0.4, -0.2) is 27.8 Å². The van der Waals surface area contributed by atoms with Crippen molar-refractivity contribution in [2.45, 2.75) is 44.8 Å². The molecule has 23 heavy (non-hydrogen) atoms. The molecule has 5 nitrogen and oxygen atoms in total. The summed E-state index contributed by atoms with van der Waals surface area (Å²) in [4.78, 5) is 12.2. The third-order valence-electron chi connectivity index (χ3n) is 4.02. The SMILES string of the molecule is C[C@H](Oc1nn(-c2ccccc2)cc1Br)C(=O)NC1CCCC1. The summed E-state index contributed by atoms with van der Waals surface area (Å²) >= 11 is 3.44. The summed E-state index contributed by atoms with van der Waals surface area (Å²) in [7, 11) is 0. The average Bonchev–Trinajstić information content (AvgIpc) is 3.18. The van der Waals surface area contributed by atoms with Crippen molar-refractivity contribution >= 4 is 21.8 Å². The number of carbonyl (C=O) groups is 1. The quantitative estimate of drug-likeness (QED) is 0.867. The summed E-state index contributed by atoms with van der Waals surface area (Å²) in [6, 6.07) is 10.1. The Labute approximate surface area is 144 Å². The largest absolute Gasteiger partial charge is 0.463 e. The first kappa shape index (κ1) is 16.1. The molecule has 1 aliphatic carbocycles. The standard InChI is InChI=1S/C17H20BrN3O2/c1-12(16(22)19-13-7-5-6-8-13)23-17-15(18)11-21(20-17)14-9-3-2-4-10-14/h2-4,9-13H,5-8H2,1H3,(H,19,22)/t12-/m0/s1. The molecule has 2 aromatic rings. The van der Waals surface area contributed by atoms with Crippen LogP contribution in [0.1, 0.15) is 32.6 Å². The highest BCUT2D eigenvalue weighted by molar-refractivity contribution is 9.10. The van der Waals surface area contributed by atoms with E-state index in [4.69, 9.17) is 4.74 Å². The van der Waals surface area contributed by atoms with Crippen molar-refractivity contribution in [3.05, 3.63) is 41.0 Å². The van der Waals surface area contributed by atoms with Crippen LogP contribution in [0.15, 0.2) is 41.0 Å². The lowest BCUT2D eigenvalue weighted by Gasteiger charge is -2.17. The van der Waals surface area contributed by atoms with Crippen molar-refractivity contribution < 1.29 is 9.53 Å². The van der Waals surface area contributed by atoms with Crippen molar-refractivity contribution in [1.82, 2.24) is 15.1 Å². The lowest BCUT2D eigenvalue weighted by Crippen LogP contribution is -2.41. The number of amides is 1. The van der Waals surface area contributed by atoms with E-state index in [0.717, 1.165) is 23.0 Å². The molecule has 0 bridgehead atoms. The Hall–Kier alpha value is -1.82. The van der Waals surface area contributed by atoms with Gasteiger partial charge in [0.1, 0.15) is 0 Å². The number of rotatable bonds is 5. The van der Waals surface area contributed by atoms with Crippen LogP contribution >= 0.6 is 15.9 Å². The van der Waals surface area contributed by atoms with Crippen LogP contribution in [0.3, 0.4) is 0 Å². The Morgan fingerprint density at radius 1 is 1.35 bits per heavy atom. The molecular weight excluding hydrogens is 358 g/mol. The Morgan fingerprint density at radius 2 is 2.04 bits per heavy atom. The topological polar surface area (TPSA) is 56.2 Å². The number of benzene rings is 1. The highest BCUT2D eigenvalue weighted by Gasteiger charge is 2.23. The Kier molecular flexibility index (Phi) is 5.00. The minimum absolute atomic E-state index is 0.0851. The molecule has 1 amide bonds. The molecule has 0 saturated heterocycles. The molecule has 1 fully saturated rings. The molecule has 3 rings (SSSR count). The number of aromatic nitrogens is 2. The third kappa shape index (κ3) is 3.93. The summed E-state index contributed by atoms with van der Waals surface area (Å²) in [6.07, 6.45) is 5.74. The third-order valence-corrected chi connectivity index (χ3v) is 4.56. The maximum atomic E-state index is 12.2. The van der Waals surface area contributed by atoms with E-state index in [-0.39, 0.29) is 5.91 Å². The van der Waals surface area contributed by atoms with Gasteiger partial charge in [-0.15, -0.1) is 5.10 Å². The molecule has 1 N–H and O–H groups in total. The molecule has 0 aliphatic heterocycles. The Bertz CT molecular complexity index is 666. The zero-order chi connectivity index (χ0) is 16.2. The number of ether oxygens (including phenoxy) is 1. The van der Waals surface area contributed by atoms with Crippen LogP contribution in [0.2, 0.25) is 0 Å². The van der Waals surface area contributed by atoms with Crippen LogP contribution in [0.5, 0.6) is 5.88 Å². The van der Waals surface area contributed by atoms with E-state index in [9.17, 15) is 4.79 Å². The van der Waals surface area contributed by atoms with Gasteiger partial charge in [-0.3, -0.25) is 4.79 Å². The van der Waals surface area contributed by atoms with Gasteiger partial charge in [0.05, 0.1) is 10.2 Å². The molecule has 1 aromatic carbocycles. The maximum Gasteiger partial charge on any atom is 0.261 e. The molecule has 1 aliphatic rings. The summed E-state index contributed by atoms with van der Waals surface area (Å²) in [6.45, 7) is 1.75. The molecule has 0 spiro atoms. The smallest absolute Gasteiger partial charge is 0.261 e. The zero-order valence-corrected chi connectivity index (χ0v) is 14.6. The van der Waals surface area contributed by atoms with Gasteiger partial charge in [0.2, 0.25) is 5.88 Å². The fraction of sp³-hybridized carbons (Fsp3) is 0.412. The van der Waals surface area contributed by atoms with Crippen molar-refractivity contribution in [1.29, 1.82) is 0 Å². The lowest BCUT2D eigenvalue weighted by atomic mass is 10.2. The number of carbonyl (C=O) groups excluding carboxylic acids is 1. The summed E-state index contributed by atoms with van der Waals surface area (Å²) in [5.74, 6) is 0.334. The number of para-hydroxylation sites is 1. The second-order valence-corrected chi connectivity index (χ2v) is 6.67. The highest BCUT2D eigenvalue weighted by atomic mass is 79.9. The second kappa shape index (κ2) is 7.17. The van der Waals surface area contributed by atoms with Gasteiger partial charge in [-0.2, -0.15) is 0 Å². The van der Waals surface area contributed by atoms with E-state index < -0.39 is 6.10 Å². The summed E-state index contributed by atoms with van der Waals surface area (Å²) < 4.78 is 8.18. The molecule has 1 saturated carbocycles. The fourth-order valence-electron chi connectivity index (χ4n) is 2.74. The van der Waals surface area contributed by atoms with Gasteiger partial charge in [-0.25, -0.2) is 4.68 Å². The first-order valence-electron chi connectivity index (χ1n) is 7.91. The van der Waals surface area contributed by atoms with E-state index in [1.54, 1.807) is 11.6 Å². The van der Waals surface area contributed by atoms with Gasteiger partial charge in [0.25, 0.3) is 5.91 Å². The molecule has 1 atom stereocenters. The maximum absolute atomic E-state index is 12.2. The van der Waals surface area contributed by atoms with Gasteiger partial charge < -0.3 is 10.1 Å². The van der Waals surface area contributed by atoms with Crippen LogP contribution < -0.4 is 10.1 Å². The number of nitrogens with one attached hydrogen (secondary N) is 1. The minimum atomic E-state index is -0.578. The predicted molar refractivity (Wildman–Crippen MR) is 91.8 cm³/mol. The number of halogens is 1. The average molecular weight is 378 g/mol. The lowest BCUT2D eigenvalue weighted by molar-refractivity contribution is -0.128. The van der Waals surface area contributed by atoms with Crippen LogP contribution in [0.4, 0.5) is 0 Å². The molecule has 1 heterocycles. The number of hydrogen-bond donors (Lipinski definition) is 1. The van der Waals surface area contributed by atoms with Gasteiger partial charge in [-0.05, 0) is 47.8 Å². The van der Waals surface area contributed by atoms with E-state index in [1.165, 1.54) is 12.8 Å². The van der Waals surface area contributed by atoms with E-state index in [0.29, 0.717) is 11.9 Å². The predicted octanol–water partition coefficient (Wildman–Crippen LogP) is 3.46. The Balaban J connectivity index is 1.65. The normalized spacial score (nSPS) is 16.3. The highest BCUT2D eigenvalue weighted by Crippen LogP contribution is 2.25. The van der Waals surface area contributed by atoms with E-state index in [1.807, 2.05) is 36.5 Å².